The van der Waals surface area contributed by atoms with Crippen LogP contribution in [0, 0.1) is 0 Å². The molecule has 0 spiro atoms. The van der Waals surface area contributed by atoms with Gasteiger partial charge in [0, 0.05) is 29.7 Å². The van der Waals surface area contributed by atoms with Crippen molar-refractivity contribution in [3.05, 3.63) is 16.6 Å². The summed E-state index contributed by atoms with van der Waals surface area (Å²) >= 11 is 1.72. The number of aromatic nitrogens is 1. The fraction of sp³-hybridized carbons (Fsp3) is 0.667. The van der Waals surface area contributed by atoms with Crippen molar-refractivity contribution in [2.24, 2.45) is 5.73 Å². The van der Waals surface area contributed by atoms with Crippen molar-refractivity contribution in [2.45, 2.75) is 31.5 Å². The third kappa shape index (κ3) is 2.07. The number of nitrogens with zero attached hydrogens (tertiary/aromatic N) is 2. The average molecular weight is 197 g/mol. The first-order chi connectivity index (χ1) is 6.25. The van der Waals surface area contributed by atoms with E-state index >= 15 is 0 Å². The maximum absolute atomic E-state index is 5.74. The molecule has 2 rings (SSSR count). The fourth-order valence-corrected chi connectivity index (χ4v) is 2.34. The summed E-state index contributed by atoms with van der Waals surface area (Å²) in [6.45, 7) is 1.02. The molecule has 0 bridgehead atoms. The van der Waals surface area contributed by atoms with Gasteiger partial charge in [0.1, 0.15) is 0 Å². The highest BCUT2D eigenvalue weighted by molar-refractivity contribution is 7.09. The summed E-state index contributed by atoms with van der Waals surface area (Å²) in [4.78, 5) is 7.77. The van der Waals surface area contributed by atoms with Crippen LogP contribution in [0.2, 0.25) is 0 Å². The second-order valence-electron chi connectivity index (χ2n) is 3.77. The molecule has 4 heteroatoms. The first-order valence-electron chi connectivity index (χ1n) is 4.59. The summed E-state index contributed by atoms with van der Waals surface area (Å²) in [6.07, 6.45) is 4.24. The van der Waals surface area contributed by atoms with Gasteiger partial charge >= 0.3 is 0 Å². The van der Waals surface area contributed by atoms with E-state index in [-0.39, 0.29) is 0 Å². The molecule has 0 aliphatic heterocycles. The Labute approximate surface area is 82.6 Å². The van der Waals surface area contributed by atoms with E-state index in [4.69, 9.17) is 5.73 Å². The zero-order chi connectivity index (χ0) is 9.26. The molecule has 0 atom stereocenters. The summed E-state index contributed by atoms with van der Waals surface area (Å²) in [6, 6.07) is 1.13. The van der Waals surface area contributed by atoms with E-state index in [1.165, 1.54) is 4.88 Å². The molecule has 0 radical (unpaired) electrons. The van der Waals surface area contributed by atoms with Gasteiger partial charge in [0.2, 0.25) is 0 Å². The van der Waals surface area contributed by atoms with Gasteiger partial charge < -0.3 is 5.73 Å². The minimum atomic E-state index is 0.439. The molecule has 0 aromatic carbocycles. The number of hydrogen-bond donors (Lipinski definition) is 1. The van der Waals surface area contributed by atoms with Gasteiger partial charge in [-0.3, -0.25) is 9.88 Å². The Bertz CT molecular complexity index is 254. The van der Waals surface area contributed by atoms with E-state index in [1.807, 2.05) is 11.7 Å². The van der Waals surface area contributed by atoms with Crippen LogP contribution in [0.15, 0.2) is 11.7 Å². The van der Waals surface area contributed by atoms with Gasteiger partial charge in [-0.15, -0.1) is 11.3 Å². The monoisotopic (exact) mass is 197 g/mol. The molecular formula is C9H15N3S. The zero-order valence-electron chi connectivity index (χ0n) is 7.81. The molecule has 13 heavy (non-hydrogen) atoms. The molecule has 1 aliphatic rings. The van der Waals surface area contributed by atoms with Crippen LogP contribution in [-0.4, -0.2) is 29.0 Å². The van der Waals surface area contributed by atoms with E-state index < -0.39 is 0 Å². The predicted molar refractivity (Wildman–Crippen MR) is 54.6 cm³/mol. The van der Waals surface area contributed by atoms with Crippen LogP contribution in [0.25, 0.3) is 0 Å². The Kier molecular flexibility index (Phi) is 2.62. The Hall–Kier alpha value is -0.450. The number of rotatable bonds is 3. The topological polar surface area (TPSA) is 42.2 Å². The first kappa shape index (κ1) is 9.12. The van der Waals surface area contributed by atoms with Gasteiger partial charge in [-0.1, -0.05) is 0 Å². The first-order valence-corrected chi connectivity index (χ1v) is 5.47. The maximum atomic E-state index is 5.74. The molecular weight excluding hydrogens is 182 g/mol. The Balaban J connectivity index is 1.82. The van der Waals surface area contributed by atoms with Gasteiger partial charge in [-0.05, 0) is 19.9 Å². The van der Waals surface area contributed by atoms with Crippen LogP contribution in [0.1, 0.15) is 17.7 Å². The molecule has 1 aliphatic carbocycles. The van der Waals surface area contributed by atoms with E-state index in [9.17, 15) is 0 Å². The van der Waals surface area contributed by atoms with Crippen LogP contribution < -0.4 is 5.73 Å². The van der Waals surface area contributed by atoms with Crippen molar-refractivity contribution in [2.75, 3.05) is 7.05 Å². The normalized spacial score (nSPS) is 27.6. The number of thiazole rings is 1. The summed E-state index contributed by atoms with van der Waals surface area (Å²) in [5.74, 6) is 0. The van der Waals surface area contributed by atoms with Gasteiger partial charge in [0.15, 0.2) is 0 Å². The smallest absolute Gasteiger partial charge is 0.0794 e. The lowest BCUT2D eigenvalue weighted by atomic mass is 9.86. The molecule has 2 N–H and O–H groups in total. The molecule has 1 aromatic heterocycles. The van der Waals surface area contributed by atoms with Crippen LogP contribution in [-0.2, 0) is 6.54 Å². The highest BCUT2D eigenvalue weighted by Crippen LogP contribution is 2.24. The van der Waals surface area contributed by atoms with Crippen molar-refractivity contribution in [1.82, 2.24) is 9.88 Å². The highest BCUT2D eigenvalue weighted by atomic mass is 32.1. The predicted octanol–water partition coefficient (Wildman–Crippen LogP) is 1.06. The maximum Gasteiger partial charge on any atom is 0.0794 e. The van der Waals surface area contributed by atoms with E-state index in [2.05, 4.69) is 16.9 Å². The van der Waals surface area contributed by atoms with Crippen LogP contribution in [0.5, 0.6) is 0 Å². The molecule has 3 nitrogen and oxygen atoms in total. The third-order valence-corrected chi connectivity index (χ3v) is 3.43. The SMILES string of the molecule is CN(Cc1cncs1)C1CC(N)C1. The van der Waals surface area contributed by atoms with Gasteiger partial charge in [-0.2, -0.15) is 0 Å². The minimum Gasteiger partial charge on any atom is -0.328 e. The Morgan fingerprint density at radius 1 is 1.69 bits per heavy atom. The highest BCUT2D eigenvalue weighted by Gasteiger charge is 2.29. The van der Waals surface area contributed by atoms with Crippen molar-refractivity contribution in [3.8, 4) is 0 Å². The largest absolute Gasteiger partial charge is 0.328 e. The minimum absolute atomic E-state index is 0.439. The molecule has 0 amide bonds. The van der Waals surface area contributed by atoms with Gasteiger partial charge in [0.05, 0.1) is 5.51 Å². The fourth-order valence-electron chi connectivity index (χ4n) is 1.68. The van der Waals surface area contributed by atoms with Crippen LogP contribution >= 0.6 is 11.3 Å². The lowest BCUT2D eigenvalue weighted by Gasteiger charge is -2.39. The summed E-state index contributed by atoms with van der Waals surface area (Å²) < 4.78 is 0. The van der Waals surface area contributed by atoms with Gasteiger partial charge in [-0.25, -0.2) is 0 Å². The van der Waals surface area contributed by atoms with Crippen molar-refractivity contribution in [3.63, 3.8) is 0 Å². The molecule has 0 saturated heterocycles. The van der Waals surface area contributed by atoms with Crippen molar-refractivity contribution in [1.29, 1.82) is 0 Å². The molecule has 0 unspecified atom stereocenters. The summed E-state index contributed by atoms with van der Waals surface area (Å²) in [5, 5.41) is 0. The summed E-state index contributed by atoms with van der Waals surface area (Å²) in [7, 11) is 2.16. The van der Waals surface area contributed by atoms with Crippen molar-refractivity contribution >= 4 is 11.3 Å². The Morgan fingerprint density at radius 3 is 3.00 bits per heavy atom. The quantitative estimate of drug-likeness (QED) is 0.788. The van der Waals surface area contributed by atoms with E-state index in [1.54, 1.807) is 11.3 Å². The molecule has 1 saturated carbocycles. The van der Waals surface area contributed by atoms with Crippen LogP contribution in [0.3, 0.4) is 0 Å². The Morgan fingerprint density at radius 2 is 2.46 bits per heavy atom. The number of hydrogen-bond acceptors (Lipinski definition) is 4. The second kappa shape index (κ2) is 3.74. The standard InChI is InChI=1S/C9H15N3S/c1-12(8-2-7(10)3-8)5-9-4-11-6-13-9/h4,6-8H,2-3,5,10H2,1H3. The molecule has 1 heterocycles. The third-order valence-electron chi connectivity index (χ3n) is 2.66. The van der Waals surface area contributed by atoms with Gasteiger partial charge in [0.25, 0.3) is 0 Å². The lowest BCUT2D eigenvalue weighted by Crippen LogP contribution is -2.48. The summed E-state index contributed by atoms with van der Waals surface area (Å²) in [5.41, 5.74) is 7.63. The average Bonchev–Trinajstić information content (AvgIpc) is 2.51. The molecule has 1 aromatic rings. The molecule has 72 valence electrons. The van der Waals surface area contributed by atoms with E-state index in [0.29, 0.717) is 12.1 Å². The second-order valence-corrected chi connectivity index (χ2v) is 4.74. The zero-order valence-corrected chi connectivity index (χ0v) is 8.63. The number of nitrogens with two attached hydrogens (primary N) is 1. The lowest BCUT2D eigenvalue weighted by molar-refractivity contribution is 0.133. The van der Waals surface area contributed by atoms with E-state index in [0.717, 1.165) is 19.4 Å². The van der Waals surface area contributed by atoms with Crippen LogP contribution in [0.4, 0.5) is 0 Å². The molecule has 1 fully saturated rings. The van der Waals surface area contributed by atoms with Crippen molar-refractivity contribution < 1.29 is 0 Å².